The molecule has 0 spiro atoms. The van der Waals surface area contributed by atoms with E-state index in [1.807, 2.05) is 0 Å². The number of anilines is 1. The van der Waals surface area contributed by atoms with E-state index in [0.29, 0.717) is 16.5 Å². The van der Waals surface area contributed by atoms with Gasteiger partial charge in [0, 0.05) is 16.6 Å². The van der Waals surface area contributed by atoms with Crippen LogP contribution in [0.3, 0.4) is 0 Å². The summed E-state index contributed by atoms with van der Waals surface area (Å²) in [5.41, 5.74) is 0.553. The van der Waals surface area contributed by atoms with Gasteiger partial charge in [-0.2, -0.15) is 0 Å². The second-order valence-corrected chi connectivity index (χ2v) is 9.24. The molecule has 1 aliphatic carbocycles. The minimum absolute atomic E-state index is 0.0683. The highest BCUT2D eigenvalue weighted by molar-refractivity contribution is 7.89. The van der Waals surface area contributed by atoms with Crippen LogP contribution in [0.25, 0.3) is 0 Å². The number of benzene rings is 2. The van der Waals surface area contributed by atoms with Crippen molar-refractivity contribution >= 4 is 33.2 Å². The molecule has 2 aromatic rings. The molecule has 0 saturated heterocycles. The van der Waals surface area contributed by atoms with Crippen LogP contribution in [0.2, 0.25) is 5.02 Å². The van der Waals surface area contributed by atoms with Crippen molar-refractivity contribution in [1.82, 2.24) is 4.72 Å². The number of hydrogen-bond donors (Lipinski definition) is 2. The zero-order valence-electron chi connectivity index (χ0n) is 16.9. The van der Waals surface area contributed by atoms with Crippen LogP contribution in [0, 0.1) is 0 Å². The highest BCUT2D eigenvalue weighted by atomic mass is 35.5. The average molecular weight is 453 g/mol. The Morgan fingerprint density at radius 1 is 1.00 bits per heavy atom. The summed E-state index contributed by atoms with van der Waals surface area (Å²) in [7, 11) is -0.977. The van der Waals surface area contributed by atoms with Gasteiger partial charge in [0.05, 0.1) is 19.9 Å². The van der Waals surface area contributed by atoms with Crippen LogP contribution in [0.1, 0.15) is 42.5 Å². The van der Waals surface area contributed by atoms with Crippen molar-refractivity contribution in [3.05, 3.63) is 47.0 Å². The second kappa shape index (κ2) is 9.68. The van der Waals surface area contributed by atoms with Crippen LogP contribution in [-0.4, -0.2) is 34.6 Å². The van der Waals surface area contributed by atoms with E-state index in [4.69, 9.17) is 21.1 Å². The summed E-state index contributed by atoms with van der Waals surface area (Å²) in [5, 5.41) is 3.14. The smallest absolute Gasteiger partial charge is 0.255 e. The first-order valence-corrected chi connectivity index (χ1v) is 11.6. The highest BCUT2D eigenvalue weighted by Crippen LogP contribution is 2.30. The standard InChI is InChI=1S/C21H25ClN2O5S/c1-28-18-11-9-15(22)13-17(18)23-21(25)14-8-10-19(29-2)20(12-14)30(26,27)24-16-6-4-3-5-7-16/h8-13,16,24H,3-7H2,1-2H3,(H,23,25). The maximum atomic E-state index is 13.0. The molecule has 162 valence electrons. The summed E-state index contributed by atoms with van der Waals surface area (Å²) in [6.07, 6.45) is 4.71. The minimum atomic E-state index is -3.85. The number of halogens is 1. The SMILES string of the molecule is COc1ccc(Cl)cc1NC(=O)c1ccc(OC)c(S(=O)(=O)NC2CCCCC2)c1. The number of ether oxygens (including phenoxy) is 2. The molecule has 9 heteroatoms. The normalized spacial score (nSPS) is 14.9. The molecule has 1 fully saturated rings. The van der Waals surface area contributed by atoms with E-state index < -0.39 is 15.9 Å². The molecule has 0 atom stereocenters. The van der Waals surface area contributed by atoms with E-state index in [9.17, 15) is 13.2 Å². The molecule has 1 aliphatic rings. The fourth-order valence-corrected chi connectivity index (χ4v) is 5.18. The Balaban J connectivity index is 1.88. The molecule has 0 heterocycles. The Hall–Kier alpha value is -2.29. The zero-order valence-corrected chi connectivity index (χ0v) is 18.5. The van der Waals surface area contributed by atoms with Gasteiger partial charge in [-0.15, -0.1) is 0 Å². The monoisotopic (exact) mass is 452 g/mol. The molecule has 30 heavy (non-hydrogen) atoms. The fourth-order valence-electron chi connectivity index (χ4n) is 3.50. The maximum Gasteiger partial charge on any atom is 0.255 e. The van der Waals surface area contributed by atoms with Crippen molar-refractivity contribution in [3.8, 4) is 11.5 Å². The number of carbonyl (C=O) groups excluding carboxylic acids is 1. The lowest BCUT2D eigenvalue weighted by Crippen LogP contribution is -2.36. The number of hydrogen-bond acceptors (Lipinski definition) is 5. The van der Waals surface area contributed by atoms with Crippen LogP contribution in [0.5, 0.6) is 11.5 Å². The van der Waals surface area contributed by atoms with Crippen LogP contribution in [-0.2, 0) is 10.0 Å². The summed E-state index contributed by atoms with van der Waals surface area (Å²) in [6.45, 7) is 0. The predicted molar refractivity (Wildman–Crippen MR) is 116 cm³/mol. The first kappa shape index (κ1) is 22.4. The number of amides is 1. The van der Waals surface area contributed by atoms with Crippen molar-refractivity contribution in [3.63, 3.8) is 0 Å². The van der Waals surface area contributed by atoms with Crippen molar-refractivity contribution in [2.45, 2.75) is 43.0 Å². The van der Waals surface area contributed by atoms with Gasteiger partial charge in [0.15, 0.2) is 0 Å². The molecular weight excluding hydrogens is 428 g/mol. The second-order valence-electron chi connectivity index (χ2n) is 7.12. The average Bonchev–Trinajstić information content (AvgIpc) is 2.74. The predicted octanol–water partition coefficient (Wildman–Crippen LogP) is 4.22. The van der Waals surface area contributed by atoms with E-state index in [0.717, 1.165) is 32.1 Å². The quantitative estimate of drug-likeness (QED) is 0.656. The van der Waals surface area contributed by atoms with Crippen molar-refractivity contribution in [2.75, 3.05) is 19.5 Å². The lowest BCUT2D eigenvalue weighted by Gasteiger charge is -2.23. The highest BCUT2D eigenvalue weighted by Gasteiger charge is 2.26. The van der Waals surface area contributed by atoms with Gasteiger partial charge in [0.2, 0.25) is 10.0 Å². The number of rotatable bonds is 7. The molecule has 0 aliphatic heterocycles. The van der Waals surface area contributed by atoms with Gasteiger partial charge in [0.25, 0.3) is 5.91 Å². The van der Waals surface area contributed by atoms with Crippen molar-refractivity contribution in [2.24, 2.45) is 0 Å². The summed E-state index contributed by atoms with van der Waals surface area (Å²) < 4.78 is 39.2. The van der Waals surface area contributed by atoms with Crippen LogP contribution in [0.15, 0.2) is 41.3 Å². The largest absolute Gasteiger partial charge is 0.495 e. The lowest BCUT2D eigenvalue weighted by atomic mass is 9.96. The molecule has 0 aromatic heterocycles. The molecule has 2 N–H and O–H groups in total. The van der Waals surface area contributed by atoms with E-state index in [1.54, 1.807) is 18.2 Å². The van der Waals surface area contributed by atoms with Gasteiger partial charge in [-0.3, -0.25) is 4.79 Å². The van der Waals surface area contributed by atoms with Gasteiger partial charge in [-0.25, -0.2) is 13.1 Å². The molecule has 1 amide bonds. The first-order chi connectivity index (χ1) is 14.3. The topological polar surface area (TPSA) is 93.7 Å². The molecule has 3 rings (SSSR count). The first-order valence-electron chi connectivity index (χ1n) is 9.69. The van der Waals surface area contributed by atoms with Crippen LogP contribution in [0.4, 0.5) is 5.69 Å². The molecule has 0 radical (unpaired) electrons. The van der Waals surface area contributed by atoms with Crippen LogP contribution < -0.4 is 19.5 Å². The van der Waals surface area contributed by atoms with E-state index >= 15 is 0 Å². The fraction of sp³-hybridized carbons (Fsp3) is 0.381. The Bertz CT molecular complexity index is 1020. The minimum Gasteiger partial charge on any atom is -0.495 e. The molecule has 0 unspecified atom stereocenters. The third-order valence-corrected chi connectivity index (χ3v) is 6.83. The summed E-state index contributed by atoms with van der Waals surface area (Å²) >= 11 is 6.01. The third-order valence-electron chi connectivity index (χ3n) is 5.05. The summed E-state index contributed by atoms with van der Waals surface area (Å²) in [5.74, 6) is 0.121. The Labute approximate surface area is 181 Å². The van der Waals surface area contributed by atoms with E-state index in [1.165, 1.54) is 32.4 Å². The van der Waals surface area contributed by atoms with Crippen LogP contribution >= 0.6 is 11.6 Å². The van der Waals surface area contributed by atoms with E-state index in [2.05, 4.69) is 10.0 Å². The van der Waals surface area contributed by atoms with Gasteiger partial charge >= 0.3 is 0 Å². The third kappa shape index (κ3) is 5.24. The summed E-state index contributed by atoms with van der Waals surface area (Å²) in [4.78, 5) is 12.7. The molecule has 0 bridgehead atoms. The van der Waals surface area contributed by atoms with Gasteiger partial charge in [-0.05, 0) is 49.2 Å². The number of sulfonamides is 1. The van der Waals surface area contributed by atoms with Gasteiger partial charge in [0.1, 0.15) is 16.4 Å². The molecule has 7 nitrogen and oxygen atoms in total. The zero-order chi connectivity index (χ0) is 21.7. The number of methoxy groups -OCH3 is 2. The summed E-state index contributed by atoms with van der Waals surface area (Å²) in [6, 6.07) is 9.02. The Kier molecular flexibility index (Phi) is 7.23. The van der Waals surface area contributed by atoms with E-state index in [-0.39, 0.29) is 22.3 Å². The van der Waals surface area contributed by atoms with Crippen molar-refractivity contribution in [1.29, 1.82) is 0 Å². The number of nitrogens with one attached hydrogen (secondary N) is 2. The van der Waals surface area contributed by atoms with Crippen molar-refractivity contribution < 1.29 is 22.7 Å². The molecular formula is C21H25ClN2O5S. The molecule has 2 aromatic carbocycles. The Morgan fingerprint density at radius 3 is 2.33 bits per heavy atom. The van der Waals surface area contributed by atoms with Gasteiger partial charge < -0.3 is 14.8 Å². The van der Waals surface area contributed by atoms with Gasteiger partial charge in [-0.1, -0.05) is 30.9 Å². The Morgan fingerprint density at radius 2 is 1.67 bits per heavy atom. The maximum absolute atomic E-state index is 13.0. The number of carbonyl (C=O) groups is 1. The lowest BCUT2D eigenvalue weighted by molar-refractivity contribution is 0.102. The molecule has 1 saturated carbocycles.